The molecule has 2 aliphatic rings. The number of nitrogens with zero attached hydrogens (tertiary/aromatic N) is 4. The number of likely N-dealkylation sites (tertiary alicyclic amines) is 2. The fourth-order valence-electron chi connectivity index (χ4n) is 7.06. The molecule has 0 spiro atoms. The molecule has 0 bridgehead atoms. The lowest BCUT2D eigenvalue weighted by atomic mass is 10.1. The quantitative estimate of drug-likeness (QED) is 0.0914. The third-order valence-corrected chi connectivity index (χ3v) is 9.90. The lowest BCUT2D eigenvalue weighted by Gasteiger charge is -2.17. The van der Waals surface area contributed by atoms with E-state index in [-0.39, 0.29) is 0 Å². The molecule has 0 atom stereocenters. The van der Waals surface area contributed by atoms with Crippen LogP contribution in [0, 0.1) is 0 Å². The Kier molecular flexibility index (Phi) is 12.0. The molecule has 0 unspecified atom stereocenters. The Morgan fingerprint density at radius 2 is 1.14 bits per heavy atom. The van der Waals surface area contributed by atoms with Crippen molar-refractivity contribution < 1.29 is 18.9 Å². The van der Waals surface area contributed by atoms with E-state index < -0.39 is 0 Å². The summed E-state index contributed by atoms with van der Waals surface area (Å²) >= 11 is 0. The number of aryl methyl sites for hydroxylation is 1. The molecule has 0 saturated carbocycles. The van der Waals surface area contributed by atoms with Crippen LogP contribution in [0.1, 0.15) is 56.6 Å². The molecule has 1 aromatic heterocycles. The Morgan fingerprint density at radius 3 is 1.71 bits per heavy atom. The fourth-order valence-corrected chi connectivity index (χ4v) is 7.06. The number of hydrogen-bond donors (Lipinski definition) is 0. The Bertz CT molecular complexity index is 1750. The molecule has 5 aromatic rings. The van der Waals surface area contributed by atoms with Crippen molar-refractivity contribution in [3.8, 4) is 34.4 Å². The van der Waals surface area contributed by atoms with Gasteiger partial charge in [0.1, 0.15) is 55.0 Å². The van der Waals surface area contributed by atoms with E-state index in [2.05, 4.69) is 63.8 Å². The molecular weight excluding hydrogens is 636 g/mol. The molecule has 7 rings (SSSR count). The maximum Gasteiger partial charge on any atom is 0.150 e. The van der Waals surface area contributed by atoms with Crippen molar-refractivity contribution in [2.75, 3.05) is 52.5 Å². The van der Waals surface area contributed by atoms with Crippen LogP contribution in [0.4, 0.5) is 0 Å². The average molecular weight is 689 g/mol. The zero-order valence-corrected chi connectivity index (χ0v) is 30.1. The summed E-state index contributed by atoms with van der Waals surface area (Å²) in [5.74, 6) is 3.94. The van der Waals surface area contributed by atoms with Gasteiger partial charge in [-0.25, -0.2) is 4.98 Å². The molecule has 4 aromatic carbocycles. The van der Waals surface area contributed by atoms with Gasteiger partial charge >= 0.3 is 0 Å². The Morgan fingerprint density at radius 1 is 0.588 bits per heavy atom. The number of imidazole rings is 1. The predicted octanol–water partition coefficient (Wildman–Crippen LogP) is 8.61. The molecule has 0 N–H and O–H groups in total. The number of fused-ring (bicyclic) bond motifs is 1. The van der Waals surface area contributed by atoms with Crippen molar-refractivity contribution in [1.82, 2.24) is 19.4 Å². The molecule has 2 saturated heterocycles. The Labute approximate surface area is 302 Å². The first-order valence-corrected chi connectivity index (χ1v) is 19.0. The van der Waals surface area contributed by atoms with Crippen LogP contribution in [0.25, 0.3) is 22.4 Å². The van der Waals surface area contributed by atoms with Gasteiger partial charge in [-0.2, -0.15) is 0 Å². The number of ether oxygens (including phenoxy) is 4. The lowest BCUT2D eigenvalue weighted by Crippen LogP contribution is -2.25. The highest BCUT2D eigenvalue weighted by molar-refractivity contribution is 5.88. The standard InChI is InChI=1S/C43H52N4O4/c1-2-3-22-47-40-30-39(48-25-23-45-18-10-11-19-45)31-41(49-26-24-46-20-12-13-21-46)42(40)44-43(47)36-27-37(50-32-34-14-6-4-7-15-34)29-38(28-36)51-33-35-16-8-5-9-17-35/h4-9,14-17,27-31H,2-3,10-13,18-26,32-33H2,1H3. The summed E-state index contributed by atoms with van der Waals surface area (Å²) in [6.45, 7) is 11.7. The maximum absolute atomic E-state index is 6.58. The fraction of sp³-hybridized carbons (Fsp3) is 0.419. The van der Waals surface area contributed by atoms with Gasteiger partial charge in [-0.15, -0.1) is 0 Å². The minimum Gasteiger partial charge on any atom is -0.492 e. The van der Waals surface area contributed by atoms with Crippen LogP contribution in [0.3, 0.4) is 0 Å². The van der Waals surface area contributed by atoms with E-state index in [1.54, 1.807) is 0 Å². The summed E-state index contributed by atoms with van der Waals surface area (Å²) in [4.78, 5) is 10.3. The average Bonchev–Trinajstić information content (AvgIpc) is 3.96. The third kappa shape index (κ3) is 9.43. The Hall–Kier alpha value is -4.53. The topological polar surface area (TPSA) is 61.2 Å². The number of hydrogen-bond acceptors (Lipinski definition) is 7. The summed E-state index contributed by atoms with van der Waals surface area (Å²) in [5.41, 5.74) is 5.04. The normalized spacial score (nSPS) is 15.1. The van der Waals surface area contributed by atoms with E-state index in [1.165, 1.54) is 25.7 Å². The van der Waals surface area contributed by atoms with Gasteiger partial charge < -0.3 is 23.5 Å². The molecule has 268 valence electrons. The maximum atomic E-state index is 6.58. The van der Waals surface area contributed by atoms with Crippen molar-refractivity contribution in [3.05, 3.63) is 102 Å². The van der Waals surface area contributed by atoms with Crippen LogP contribution < -0.4 is 18.9 Å². The smallest absolute Gasteiger partial charge is 0.150 e. The predicted molar refractivity (Wildman–Crippen MR) is 204 cm³/mol. The van der Waals surface area contributed by atoms with Gasteiger partial charge in [0.25, 0.3) is 0 Å². The highest BCUT2D eigenvalue weighted by Gasteiger charge is 2.21. The van der Waals surface area contributed by atoms with E-state index in [4.69, 9.17) is 23.9 Å². The zero-order chi connectivity index (χ0) is 34.7. The molecule has 8 nitrogen and oxygen atoms in total. The van der Waals surface area contributed by atoms with E-state index in [0.29, 0.717) is 26.4 Å². The van der Waals surface area contributed by atoms with Gasteiger partial charge in [0.2, 0.25) is 0 Å². The largest absolute Gasteiger partial charge is 0.492 e. The third-order valence-electron chi connectivity index (χ3n) is 9.90. The summed E-state index contributed by atoms with van der Waals surface area (Å²) < 4.78 is 28.2. The molecule has 8 heteroatoms. The summed E-state index contributed by atoms with van der Waals surface area (Å²) in [5, 5.41) is 0. The second-order valence-electron chi connectivity index (χ2n) is 13.8. The molecule has 51 heavy (non-hydrogen) atoms. The first kappa shape index (κ1) is 34.9. The van der Waals surface area contributed by atoms with Gasteiger partial charge in [-0.1, -0.05) is 74.0 Å². The molecule has 2 fully saturated rings. The summed E-state index contributed by atoms with van der Waals surface area (Å²) in [6, 6.07) is 30.9. The van der Waals surface area contributed by atoms with Crippen molar-refractivity contribution >= 4 is 11.0 Å². The van der Waals surface area contributed by atoms with Crippen LogP contribution in [-0.2, 0) is 19.8 Å². The van der Waals surface area contributed by atoms with Gasteiger partial charge in [0.15, 0.2) is 5.75 Å². The molecule has 0 radical (unpaired) electrons. The van der Waals surface area contributed by atoms with Crippen LogP contribution in [0.2, 0.25) is 0 Å². The number of benzene rings is 4. The highest BCUT2D eigenvalue weighted by Crippen LogP contribution is 2.37. The molecule has 2 aliphatic heterocycles. The summed E-state index contributed by atoms with van der Waals surface area (Å²) in [6.07, 6.45) is 7.17. The van der Waals surface area contributed by atoms with Crippen molar-refractivity contribution in [2.45, 2.75) is 65.2 Å². The van der Waals surface area contributed by atoms with Crippen molar-refractivity contribution in [1.29, 1.82) is 0 Å². The molecule has 0 aliphatic carbocycles. The SMILES string of the molecule is CCCCn1c(-c2cc(OCc3ccccc3)cc(OCc3ccccc3)c2)nc2c(OCCN3CCCC3)cc(OCCN3CCCC3)cc21. The second-order valence-corrected chi connectivity index (χ2v) is 13.8. The van der Waals surface area contributed by atoms with Gasteiger partial charge in [-0.3, -0.25) is 9.80 Å². The van der Waals surface area contributed by atoms with Crippen LogP contribution in [0.5, 0.6) is 23.0 Å². The minimum atomic E-state index is 0.460. The first-order valence-electron chi connectivity index (χ1n) is 19.0. The second kappa shape index (κ2) is 17.6. The number of aromatic nitrogens is 2. The number of rotatable bonds is 18. The minimum absolute atomic E-state index is 0.460. The summed E-state index contributed by atoms with van der Waals surface area (Å²) in [7, 11) is 0. The Balaban J connectivity index is 1.24. The molecule has 3 heterocycles. The highest BCUT2D eigenvalue weighted by atomic mass is 16.5. The van der Waals surface area contributed by atoms with E-state index in [9.17, 15) is 0 Å². The van der Waals surface area contributed by atoms with Gasteiger partial charge in [-0.05, 0) is 81.5 Å². The van der Waals surface area contributed by atoms with Crippen LogP contribution in [-0.4, -0.2) is 71.8 Å². The van der Waals surface area contributed by atoms with Gasteiger partial charge in [0, 0.05) is 43.4 Å². The lowest BCUT2D eigenvalue weighted by molar-refractivity contribution is 0.231. The van der Waals surface area contributed by atoms with E-state index in [1.807, 2.05) is 48.5 Å². The van der Waals surface area contributed by atoms with Crippen LogP contribution in [0.15, 0.2) is 91.0 Å². The molecule has 0 amide bonds. The number of unbranched alkanes of at least 4 members (excludes halogenated alkanes) is 1. The van der Waals surface area contributed by atoms with E-state index >= 15 is 0 Å². The van der Waals surface area contributed by atoms with Gasteiger partial charge in [0.05, 0.1) is 5.52 Å². The van der Waals surface area contributed by atoms with E-state index in [0.717, 1.165) is 115 Å². The van der Waals surface area contributed by atoms with Crippen molar-refractivity contribution in [3.63, 3.8) is 0 Å². The zero-order valence-electron chi connectivity index (χ0n) is 30.1. The first-order chi connectivity index (χ1) is 25.2. The monoisotopic (exact) mass is 688 g/mol. The molecular formula is C43H52N4O4. The van der Waals surface area contributed by atoms with Crippen LogP contribution >= 0.6 is 0 Å². The van der Waals surface area contributed by atoms with Crippen molar-refractivity contribution in [2.24, 2.45) is 0 Å².